The van der Waals surface area contributed by atoms with Crippen LogP contribution in [0.2, 0.25) is 0 Å². The third-order valence-corrected chi connectivity index (χ3v) is 4.63. The van der Waals surface area contributed by atoms with Crippen molar-refractivity contribution in [3.63, 3.8) is 0 Å². The molecule has 1 saturated heterocycles. The Morgan fingerprint density at radius 2 is 1.64 bits per heavy atom. The standard InChI is InChI=1S/C21H21NO3/c1-14(16-10-6-3-7-11-16)19(23)18-20(24)17(22-21(18)25)13-12-15-8-4-2-5-9-15/h2-11,14,17,23H,12-13H2,1H3,(H,22,25). The zero-order valence-electron chi connectivity index (χ0n) is 14.1. The lowest BCUT2D eigenvalue weighted by Crippen LogP contribution is -2.29. The SMILES string of the molecule is CC(C(O)=C1C(=O)NC(CCc2ccccc2)C1=O)c1ccccc1. The minimum absolute atomic E-state index is 0.102. The molecule has 0 aromatic heterocycles. The van der Waals surface area contributed by atoms with Crippen molar-refractivity contribution < 1.29 is 14.7 Å². The topological polar surface area (TPSA) is 66.4 Å². The predicted octanol–water partition coefficient (Wildman–Crippen LogP) is 3.30. The summed E-state index contributed by atoms with van der Waals surface area (Å²) in [6.07, 6.45) is 1.21. The van der Waals surface area contributed by atoms with Crippen LogP contribution in [0.15, 0.2) is 72.0 Å². The van der Waals surface area contributed by atoms with Crippen LogP contribution < -0.4 is 5.32 Å². The molecule has 25 heavy (non-hydrogen) atoms. The Labute approximate surface area is 147 Å². The maximum atomic E-state index is 12.6. The second kappa shape index (κ2) is 7.34. The molecule has 0 bridgehead atoms. The molecule has 2 unspecified atom stereocenters. The van der Waals surface area contributed by atoms with Crippen LogP contribution in [0.3, 0.4) is 0 Å². The molecule has 1 aliphatic rings. The second-order valence-electron chi connectivity index (χ2n) is 6.31. The summed E-state index contributed by atoms with van der Waals surface area (Å²) in [6, 6.07) is 18.6. The van der Waals surface area contributed by atoms with Crippen LogP contribution in [0.4, 0.5) is 0 Å². The van der Waals surface area contributed by atoms with Gasteiger partial charge in [0.05, 0.1) is 6.04 Å². The predicted molar refractivity (Wildman–Crippen MR) is 96.2 cm³/mol. The highest BCUT2D eigenvalue weighted by molar-refractivity contribution is 6.26. The van der Waals surface area contributed by atoms with E-state index in [1.54, 1.807) is 6.92 Å². The zero-order chi connectivity index (χ0) is 17.8. The lowest BCUT2D eigenvalue weighted by atomic mass is 9.93. The number of allylic oxidation sites excluding steroid dienone is 1. The molecular formula is C21H21NO3. The molecule has 1 heterocycles. The lowest BCUT2D eigenvalue weighted by Gasteiger charge is -2.12. The number of ketones is 1. The fourth-order valence-corrected chi connectivity index (χ4v) is 3.10. The molecule has 2 atom stereocenters. The highest BCUT2D eigenvalue weighted by atomic mass is 16.3. The highest BCUT2D eigenvalue weighted by Crippen LogP contribution is 2.27. The van der Waals surface area contributed by atoms with E-state index in [4.69, 9.17) is 0 Å². The van der Waals surface area contributed by atoms with Crippen LogP contribution in [-0.4, -0.2) is 22.8 Å². The quantitative estimate of drug-likeness (QED) is 0.500. The van der Waals surface area contributed by atoms with Gasteiger partial charge in [0, 0.05) is 5.92 Å². The van der Waals surface area contributed by atoms with E-state index < -0.39 is 17.9 Å². The third-order valence-electron chi connectivity index (χ3n) is 4.63. The van der Waals surface area contributed by atoms with Crippen LogP contribution in [-0.2, 0) is 16.0 Å². The molecule has 2 N–H and O–H groups in total. The van der Waals surface area contributed by atoms with E-state index in [1.807, 2.05) is 60.7 Å². The Hall–Kier alpha value is -2.88. The number of aliphatic hydroxyl groups excluding tert-OH is 1. The van der Waals surface area contributed by atoms with Gasteiger partial charge in [-0.05, 0) is 24.0 Å². The Morgan fingerprint density at radius 1 is 1.04 bits per heavy atom. The number of aliphatic hydroxyl groups is 1. The number of hydrogen-bond donors (Lipinski definition) is 2. The Morgan fingerprint density at radius 3 is 2.28 bits per heavy atom. The first-order valence-electron chi connectivity index (χ1n) is 8.45. The van der Waals surface area contributed by atoms with Gasteiger partial charge in [0.25, 0.3) is 5.91 Å². The molecule has 3 rings (SSSR count). The number of rotatable bonds is 5. The summed E-state index contributed by atoms with van der Waals surface area (Å²) in [5, 5.41) is 13.2. The second-order valence-corrected chi connectivity index (χ2v) is 6.31. The monoisotopic (exact) mass is 335 g/mol. The number of benzene rings is 2. The van der Waals surface area contributed by atoms with Crippen LogP contribution in [0.25, 0.3) is 0 Å². The summed E-state index contributed by atoms with van der Waals surface area (Å²) in [5.41, 5.74) is 1.87. The van der Waals surface area contributed by atoms with E-state index in [0.29, 0.717) is 12.8 Å². The molecule has 0 saturated carbocycles. The molecule has 2 aromatic rings. The van der Waals surface area contributed by atoms with Gasteiger partial charge in [-0.1, -0.05) is 67.6 Å². The normalized spacial score (nSPS) is 20.3. The minimum Gasteiger partial charge on any atom is -0.511 e. The summed E-state index contributed by atoms with van der Waals surface area (Å²) < 4.78 is 0. The largest absolute Gasteiger partial charge is 0.511 e. The van der Waals surface area contributed by atoms with Crippen molar-refractivity contribution in [2.75, 3.05) is 0 Å². The number of carbonyl (C=O) groups is 2. The van der Waals surface area contributed by atoms with Crippen molar-refractivity contribution in [1.82, 2.24) is 5.32 Å². The Kier molecular flexibility index (Phi) is 4.98. The molecule has 2 aromatic carbocycles. The van der Waals surface area contributed by atoms with Gasteiger partial charge in [0.2, 0.25) is 0 Å². The summed E-state index contributed by atoms with van der Waals surface area (Å²) in [6.45, 7) is 1.79. The van der Waals surface area contributed by atoms with E-state index in [0.717, 1.165) is 11.1 Å². The van der Waals surface area contributed by atoms with E-state index in [2.05, 4.69) is 5.32 Å². The molecule has 128 valence electrons. The van der Waals surface area contributed by atoms with Crippen molar-refractivity contribution in [3.05, 3.63) is 83.1 Å². The summed E-state index contributed by atoms with van der Waals surface area (Å²) in [5.74, 6) is -1.36. The third kappa shape index (κ3) is 3.63. The van der Waals surface area contributed by atoms with Crippen LogP contribution in [0.5, 0.6) is 0 Å². The van der Waals surface area contributed by atoms with Gasteiger partial charge < -0.3 is 10.4 Å². The first kappa shape index (κ1) is 17.0. The van der Waals surface area contributed by atoms with Gasteiger partial charge in [-0.2, -0.15) is 0 Å². The van der Waals surface area contributed by atoms with Crippen molar-refractivity contribution in [3.8, 4) is 0 Å². The van der Waals surface area contributed by atoms with Crippen LogP contribution in [0, 0.1) is 0 Å². The van der Waals surface area contributed by atoms with Crippen LogP contribution >= 0.6 is 0 Å². The van der Waals surface area contributed by atoms with Gasteiger partial charge in [0.1, 0.15) is 11.3 Å². The van der Waals surface area contributed by atoms with Crippen molar-refractivity contribution in [2.45, 2.75) is 31.7 Å². The molecule has 0 spiro atoms. The molecule has 1 amide bonds. The minimum atomic E-state index is -0.576. The lowest BCUT2D eigenvalue weighted by molar-refractivity contribution is -0.117. The Bertz CT molecular complexity index is 796. The molecule has 0 aliphatic carbocycles. The summed E-state index contributed by atoms with van der Waals surface area (Å²) in [4.78, 5) is 24.8. The van der Waals surface area contributed by atoms with Crippen molar-refractivity contribution in [2.24, 2.45) is 0 Å². The van der Waals surface area contributed by atoms with Crippen molar-refractivity contribution in [1.29, 1.82) is 0 Å². The maximum Gasteiger partial charge on any atom is 0.259 e. The first-order chi connectivity index (χ1) is 12.1. The molecule has 1 aliphatic heterocycles. The van der Waals surface area contributed by atoms with E-state index in [9.17, 15) is 14.7 Å². The van der Waals surface area contributed by atoms with Gasteiger partial charge in [-0.25, -0.2) is 0 Å². The average Bonchev–Trinajstić information content (AvgIpc) is 2.94. The molecule has 1 fully saturated rings. The zero-order valence-corrected chi connectivity index (χ0v) is 14.1. The number of amides is 1. The Balaban J connectivity index is 1.76. The number of hydrogen-bond acceptors (Lipinski definition) is 3. The number of nitrogens with one attached hydrogen (secondary N) is 1. The van der Waals surface area contributed by atoms with E-state index in [1.165, 1.54) is 0 Å². The number of Topliss-reactive ketones (excluding diaryl/α,β-unsaturated/α-hetero) is 1. The number of aryl methyl sites for hydroxylation is 1. The summed E-state index contributed by atoms with van der Waals surface area (Å²) >= 11 is 0. The number of carbonyl (C=O) groups excluding carboxylic acids is 2. The highest BCUT2D eigenvalue weighted by Gasteiger charge is 2.39. The van der Waals surface area contributed by atoms with Gasteiger partial charge in [-0.3, -0.25) is 9.59 Å². The van der Waals surface area contributed by atoms with Gasteiger partial charge in [-0.15, -0.1) is 0 Å². The van der Waals surface area contributed by atoms with Crippen LogP contribution in [0.1, 0.15) is 30.4 Å². The molecule has 4 nitrogen and oxygen atoms in total. The molecule has 0 radical (unpaired) electrons. The fraction of sp³-hybridized carbons (Fsp3) is 0.238. The van der Waals surface area contributed by atoms with Crippen molar-refractivity contribution >= 4 is 11.7 Å². The first-order valence-corrected chi connectivity index (χ1v) is 8.45. The molecule has 4 heteroatoms. The van der Waals surface area contributed by atoms with E-state index in [-0.39, 0.29) is 17.1 Å². The summed E-state index contributed by atoms with van der Waals surface area (Å²) in [7, 11) is 0. The van der Waals surface area contributed by atoms with Gasteiger partial charge in [0.15, 0.2) is 5.78 Å². The maximum absolute atomic E-state index is 12.6. The smallest absolute Gasteiger partial charge is 0.259 e. The van der Waals surface area contributed by atoms with Gasteiger partial charge >= 0.3 is 0 Å². The van der Waals surface area contributed by atoms with E-state index >= 15 is 0 Å². The average molecular weight is 335 g/mol. The molecular weight excluding hydrogens is 314 g/mol. The fourth-order valence-electron chi connectivity index (χ4n) is 3.10.